The minimum Gasteiger partial charge on any atom is -0.245 e. The second kappa shape index (κ2) is 10.7. The summed E-state index contributed by atoms with van der Waals surface area (Å²) in [5, 5.41) is 2.21. The molecule has 2 nitrogen and oxygen atoms in total. The van der Waals surface area contributed by atoms with Gasteiger partial charge in [-0.15, -0.1) is 0 Å². The van der Waals surface area contributed by atoms with Crippen molar-refractivity contribution in [2.24, 2.45) is 0 Å². The molecule has 3 heterocycles. The van der Waals surface area contributed by atoms with Crippen molar-refractivity contribution in [3.05, 3.63) is 145 Å². The Bertz CT molecular complexity index is 2210. The summed E-state index contributed by atoms with van der Waals surface area (Å²) in [5.41, 5.74) is 11.8. The minimum absolute atomic E-state index is 0.136. The second-order valence-corrected chi connectivity index (χ2v) is 13.6. The van der Waals surface area contributed by atoms with Crippen LogP contribution in [0.4, 0.5) is 0 Å². The fourth-order valence-corrected chi connectivity index (χ4v) is 8.87. The molecule has 7 aromatic rings. The average molecular weight is 597 g/mol. The van der Waals surface area contributed by atoms with Crippen LogP contribution in [0.15, 0.2) is 143 Å². The second-order valence-electron chi connectivity index (χ2n) is 12.5. The molecule has 1 aliphatic carbocycles. The Hall–Kier alpha value is -4.73. The zero-order chi connectivity index (χ0) is 29.8. The normalized spacial score (nSPS) is 15.2. The van der Waals surface area contributed by atoms with Crippen LogP contribution in [0.2, 0.25) is 0 Å². The van der Waals surface area contributed by atoms with Gasteiger partial charge in [0.15, 0.2) is 0 Å². The fraction of sp³-hybridized carbons (Fsp3) is 0.143. The van der Waals surface area contributed by atoms with E-state index in [0.29, 0.717) is 0 Å². The Morgan fingerprint density at radius 1 is 0.444 bits per heavy atom. The predicted molar refractivity (Wildman–Crippen MR) is 188 cm³/mol. The van der Waals surface area contributed by atoms with E-state index in [2.05, 4.69) is 127 Å². The van der Waals surface area contributed by atoms with Crippen LogP contribution in [0.3, 0.4) is 0 Å². The van der Waals surface area contributed by atoms with Crippen LogP contribution in [-0.2, 0) is 5.41 Å². The lowest BCUT2D eigenvalue weighted by atomic mass is 9.65. The molecule has 2 aromatic heterocycles. The maximum Gasteiger partial charge on any atom is 0.0972 e. The monoisotopic (exact) mass is 596 g/mol. The van der Waals surface area contributed by atoms with Gasteiger partial charge in [-0.1, -0.05) is 134 Å². The standard InChI is InChI=1S/C42H32N2S/c1-3-9-29(10-4-1)36-22-19-31-17-18-32-20-23-37(44-41(32)40(31)43-36)30-15-13-28(14-16-30)33-21-24-39-35(27-33)42(25-7-2-8-26-42)34-11-5-6-12-38(34)45-39/h1,3-6,9-24,27H,2,7-8,25-26H2. The van der Waals surface area contributed by atoms with Crippen molar-refractivity contribution < 1.29 is 0 Å². The summed E-state index contributed by atoms with van der Waals surface area (Å²) in [6, 6.07) is 48.4. The maximum atomic E-state index is 5.18. The molecule has 3 heteroatoms. The molecule has 0 amide bonds. The Balaban J connectivity index is 1.09. The fourth-order valence-electron chi connectivity index (χ4n) is 7.61. The highest BCUT2D eigenvalue weighted by molar-refractivity contribution is 7.99. The smallest absolute Gasteiger partial charge is 0.0972 e. The van der Waals surface area contributed by atoms with Crippen molar-refractivity contribution in [3.63, 3.8) is 0 Å². The van der Waals surface area contributed by atoms with Gasteiger partial charge >= 0.3 is 0 Å². The Labute approximate surface area is 268 Å². The first-order chi connectivity index (χ1) is 22.2. The topological polar surface area (TPSA) is 25.8 Å². The van der Waals surface area contributed by atoms with Crippen LogP contribution in [0.1, 0.15) is 43.2 Å². The molecule has 1 aliphatic heterocycles. The molecular formula is C42H32N2S. The van der Waals surface area contributed by atoms with Gasteiger partial charge in [-0.3, -0.25) is 0 Å². The van der Waals surface area contributed by atoms with Crippen molar-refractivity contribution in [3.8, 4) is 33.6 Å². The van der Waals surface area contributed by atoms with E-state index in [1.807, 2.05) is 17.8 Å². The Morgan fingerprint density at radius 3 is 1.71 bits per heavy atom. The summed E-state index contributed by atoms with van der Waals surface area (Å²) in [7, 11) is 0. The summed E-state index contributed by atoms with van der Waals surface area (Å²) in [6.07, 6.45) is 6.42. The molecule has 1 fully saturated rings. The van der Waals surface area contributed by atoms with Gasteiger partial charge in [0.05, 0.1) is 22.4 Å². The minimum atomic E-state index is 0.136. The Kier molecular flexibility index (Phi) is 6.35. The van der Waals surface area contributed by atoms with Gasteiger partial charge in [-0.05, 0) is 65.4 Å². The number of rotatable bonds is 3. The third-order valence-corrected chi connectivity index (χ3v) is 11.1. The molecule has 1 spiro atoms. The molecule has 2 aliphatic rings. The van der Waals surface area contributed by atoms with Crippen LogP contribution in [0.25, 0.3) is 55.4 Å². The molecule has 0 atom stereocenters. The maximum absolute atomic E-state index is 5.18. The van der Waals surface area contributed by atoms with E-state index < -0.39 is 0 Å². The van der Waals surface area contributed by atoms with Crippen molar-refractivity contribution in [1.29, 1.82) is 0 Å². The summed E-state index contributed by atoms with van der Waals surface area (Å²) in [5.74, 6) is 0. The van der Waals surface area contributed by atoms with Crippen LogP contribution < -0.4 is 0 Å². The van der Waals surface area contributed by atoms with E-state index in [9.17, 15) is 0 Å². The average Bonchev–Trinajstić information content (AvgIpc) is 3.12. The van der Waals surface area contributed by atoms with E-state index in [1.165, 1.54) is 64.1 Å². The molecule has 45 heavy (non-hydrogen) atoms. The number of pyridine rings is 2. The van der Waals surface area contributed by atoms with Crippen molar-refractivity contribution >= 4 is 33.6 Å². The van der Waals surface area contributed by atoms with E-state index in [-0.39, 0.29) is 5.41 Å². The largest absolute Gasteiger partial charge is 0.245 e. The lowest BCUT2D eigenvalue weighted by molar-refractivity contribution is 0.335. The van der Waals surface area contributed by atoms with Gasteiger partial charge in [0.25, 0.3) is 0 Å². The van der Waals surface area contributed by atoms with Crippen LogP contribution in [0.5, 0.6) is 0 Å². The van der Waals surface area contributed by atoms with Crippen LogP contribution in [-0.4, -0.2) is 9.97 Å². The molecule has 0 radical (unpaired) electrons. The molecule has 0 unspecified atom stereocenters. The molecule has 0 saturated heterocycles. The molecule has 9 rings (SSSR count). The summed E-state index contributed by atoms with van der Waals surface area (Å²) in [4.78, 5) is 13.1. The molecule has 1 saturated carbocycles. The highest BCUT2D eigenvalue weighted by atomic mass is 32.2. The SMILES string of the molecule is c1ccc(-c2ccc3ccc4ccc(-c5ccc(-c6ccc7c(c6)C6(CCCCC6)c6ccccc6S7)cc5)nc4c3n2)cc1. The molecule has 216 valence electrons. The summed E-state index contributed by atoms with van der Waals surface area (Å²) < 4.78 is 0. The van der Waals surface area contributed by atoms with Gasteiger partial charge in [-0.2, -0.15) is 0 Å². The summed E-state index contributed by atoms with van der Waals surface area (Å²) >= 11 is 1.94. The van der Waals surface area contributed by atoms with Gasteiger partial charge in [-0.25, -0.2) is 9.97 Å². The predicted octanol–water partition coefficient (Wildman–Crippen LogP) is 11.5. The first-order valence-electron chi connectivity index (χ1n) is 16.0. The number of aromatic nitrogens is 2. The van der Waals surface area contributed by atoms with Gasteiger partial charge in [0, 0.05) is 37.1 Å². The van der Waals surface area contributed by atoms with E-state index >= 15 is 0 Å². The molecule has 5 aromatic carbocycles. The van der Waals surface area contributed by atoms with E-state index in [4.69, 9.17) is 9.97 Å². The number of nitrogens with zero attached hydrogens (tertiary/aromatic N) is 2. The zero-order valence-corrected chi connectivity index (χ0v) is 25.9. The molecule has 0 N–H and O–H groups in total. The quantitative estimate of drug-likeness (QED) is 0.190. The first kappa shape index (κ1) is 26.7. The number of hydrogen-bond donors (Lipinski definition) is 0. The van der Waals surface area contributed by atoms with Gasteiger partial charge in [0.2, 0.25) is 0 Å². The van der Waals surface area contributed by atoms with Gasteiger partial charge in [0.1, 0.15) is 0 Å². The number of benzene rings is 5. The number of fused-ring (bicyclic) bond motifs is 7. The highest BCUT2D eigenvalue weighted by Crippen LogP contribution is 2.55. The molecule has 0 bridgehead atoms. The highest BCUT2D eigenvalue weighted by Gasteiger charge is 2.41. The van der Waals surface area contributed by atoms with E-state index in [0.717, 1.165) is 44.3 Å². The van der Waals surface area contributed by atoms with Gasteiger partial charge < -0.3 is 0 Å². The lowest BCUT2D eigenvalue weighted by Crippen LogP contribution is -2.33. The third-order valence-electron chi connectivity index (χ3n) is 9.93. The zero-order valence-electron chi connectivity index (χ0n) is 25.0. The summed E-state index contributed by atoms with van der Waals surface area (Å²) in [6.45, 7) is 0. The van der Waals surface area contributed by atoms with Crippen LogP contribution in [0, 0.1) is 0 Å². The van der Waals surface area contributed by atoms with Crippen molar-refractivity contribution in [2.75, 3.05) is 0 Å². The lowest BCUT2D eigenvalue weighted by Gasteiger charge is -2.43. The number of hydrogen-bond acceptors (Lipinski definition) is 3. The van der Waals surface area contributed by atoms with Crippen LogP contribution >= 0.6 is 11.8 Å². The van der Waals surface area contributed by atoms with E-state index in [1.54, 1.807) is 0 Å². The Morgan fingerprint density at radius 2 is 1.00 bits per heavy atom. The third kappa shape index (κ3) is 4.49. The first-order valence-corrected chi connectivity index (χ1v) is 16.9. The molecular weight excluding hydrogens is 565 g/mol. The van der Waals surface area contributed by atoms with Crippen molar-refractivity contribution in [2.45, 2.75) is 47.3 Å². The van der Waals surface area contributed by atoms with Crippen molar-refractivity contribution in [1.82, 2.24) is 9.97 Å².